The summed E-state index contributed by atoms with van der Waals surface area (Å²) in [5, 5.41) is 8.00. The summed E-state index contributed by atoms with van der Waals surface area (Å²) in [7, 11) is 0. The monoisotopic (exact) mass is 355 g/mol. The molecule has 0 fully saturated rings. The molecule has 0 saturated carbocycles. The molecule has 2 heterocycles. The Morgan fingerprint density at radius 3 is 2.41 bits per heavy atom. The summed E-state index contributed by atoms with van der Waals surface area (Å²) < 4.78 is 0. The second kappa shape index (κ2) is 7.83. The number of nitrogens with zero attached hydrogens (tertiary/aromatic N) is 3. The normalized spacial score (nSPS) is 11.9. The minimum atomic E-state index is 0.241. The van der Waals surface area contributed by atoms with Crippen molar-refractivity contribution in [3.63, 3.8) is 0 Å². The Labute approximate surface area is 158 Å². The Bertz CT molecular complexity index is 1020. The van der Waals surface area contributed by atoms with Crippen molar-refractivity contribution in [1.29, 1.82) is 0 Å². The van der Waals surface area contributed by atoms with Crippen molar-refractivity contribution < 1.29 is 0 Å². The van der Waals surface area contributed by atoms with Gasteiger partial charge in [0.2, 0.25) is 0 Å². The maximum atomic E-state index is 4.77. The average molecular weight is 355 g/mol. The van der Waals surface area contributed by atoms with Gasteiger partial charge in [0.1, 0.15) is 5.82 Å². The molecular formula is C22H21N5. The third-order valence-electron chi connectivity index (χ3n) is 4.30. The highest BCUT2D eigenvalue weighted by Crippen LogP contribution is 2.24. The predicted molar refractivity (Wildman–Crippen MR) is 111 cm³/mol. The first-order chi connectivity index (χ1) is 13.3. The SMILES string of the molecule is CC(CNc1nc(-c2ccncc2)nc2ccccc12)Nc1ccccc1. The van der Waals surface area contributed by atoms with Crippen molar-refractivity contribution in [3.8, 4) is 11.4 Å². The first-order valence-corrected chi connectivity index (χ1v) is 9.02. The summed E-state index contributed by atoms with van der Waals surface area (Å²) in [4.78, 5) is 13.6. The highest BCUT2D eigenvalue weighted by Gasteiger charge is 2.10. The van der Waals surface area contributed by atoms with Gasteiger partial charge >= 0.3 is 0 Å². The van der Waals surface area contributed by atoms with E-state index in [0.717, 1.165) is 34.5 Å². The second-order valence-electron chi connectivity index (χ2n) is 6.44. The van der Waals surface area contributed by atoms with Crippen LogP contribution in [0.25, 0.3) is 22.3 Å². The summed E-state index contributed by atoms with van der Waals surface area (Å²) >= 11 is 0. The zero-order valence-corrected chi connectivity index (χ0v) is 15.1. The second-order valence-corrected chi connectivity index (χ2v) is 6.44. The molecule has 2 N–H and O–H groups in total. The van der Waals surface area contributed by atoms with Crippen molar-refractivity contribution in [2.45, 2.75) is 13.0 Å². The lowest BCUT2D eigenvalue weighted by Gasteiger charge is -2.17. The van der Waals surface area contributed by atoms with Gasteiger partial charge in [0, 0.05) is 41.6 Å². The van der Waals surface area contributed by atoms with Gasteiger partial charge in [-0.15, -0.1) is 0 Å². The lowest BCUT2D eigenvalue weighted by atomic mass is 10.2. The number of para-hydroxylation sites is 2. The molecule has 1 atom stereocenters. The Kier molecular flexibility index (Phi) is 4.92. The van der Waals surface area contributed by atoms with Crippen LogP contribution in [0.15, 0.2) is 79.1 Å². The lowest BCUT2D eigenvalue weighted by Crippen LogP contribution is -2.25. The Balaban J connectivity index is 1.58. The lowest BCUT2D eigenvalue weighted by molar-refractivity contribution is 0.832. The van der Waals surface area contributed by atoms with Crippen LogP contribution >= 0.6 is 0 Å². The van der Waals surface area contributed by atoms with E-state index in [1.54, 1.807) is 12.4 Å². The molecule has 0 aliphatic carbocycles. The van der Waals surface area contributed by atoms with Crippen LogP contribution < -0.4 is 10.6 Å². The van der Waals surface area contributed by atoms with Gasteiger partial charge < -0.3 is 10.6 Å². The van der Waals surface area contributed by atoms with Crippen molar-refractivity contribution >= 4 is 22.4 Å². The maximum absolute atomic E-state index is 4.77. The average Bonchev–Trinajstić information content (AvgIpc) is 2.73. The predicted octanol–water partition coefficient (Wildman–Crippen LogP) is 4.60. The molecule has 2 aromatic carbocycles. The van der Waals surface area contributed by atoms with Crippen molar-refractivity contribution in [3.05, 3.63) is 79.1 Å². The van der Waals surface area contributed by atoms with Crippen LogP contribution in [-0.4, -0.2) is 27.5 Å². The summed E-state index contributed by atoms with van der Waals surface area (Å²) in [6.07, 6.45) is 3.51. The molecular weight excluding hydrogens is 334 g/mol. The third kappa shape index (κ3) is 4.03. The molecule has 0 spiro atoms. The summed E-state index contributed by atoms with van der Waals surface area (Å²) in [5.41, 5.74) is 2.98. The first kappa shape index (κ1) is 17.0. The number of benzene rings is 2. The highest BCUT2D eigenvalue weighted by atomic mass is 15.1. The van der Waals surface area contributed by atoms with Crippen LogP contribution in [-0.2, 0) is 0 Å². The van der Waals surface area contributed by atoms with E-state index in [1.165, 1.54) is 0 Å². The summed E-state index contributed by atoms with van der Waals surface area (Å²) in [5.74, 6) is 1.54. The van der Waals surface area contributed by atoms with Gasteiger partial charge in [-0.1, -0.05) is 30.3 Å². The van der Waals surface area contributed by atoms with Gasteiger partial charge in [-0.2, -0.15) is 0 Å². The molecule has 0 aliphatic rings. The molecule has 0 amide bonds. The van der Waals surface area contributed by atoms with Crippen LogP contribution in [0.2, 0.25) is 0 Å². The number of rotatable bonds is 6. The smallest absolute Gasteiger partial charge is 0.162 e. The number of hydrogen-bond donors (Lipinski definition) is 2. The van der Waals surface area contributed by atoms with E-state index < -0.39 is 0 Å². The Morgan fingerprint density at radius 1 is 0.852 bits per heavy atom. The van der Waals surface area contributed by atoms with E-state index >= 15 is 0 Å². The maximum Gasteiger partial charge on any atom is 0.162 e. The molecule has 0 radical (unpaired) electrons. The zero-order chi connectivity index (χ0) is 18.5. The van der Waals surface area contributed by atoms with E-state index in [2.05, 4.69) is 34.7 Å². The van der Waals surface area contributed by atoms with Gasteiger partial charge in [-0.05, 0) is 43.3 Å². The van der Waals surface area contributed by atoms with Crippen LogP contribution in [0.3, 0.4) is 0 Å². The Morgan fingerprint density at radius 2 is 1.59 bits per heavy atom. The number of pyridine rings is 1. The molecule has 0 bridgehead atoms. The summed E-state index contributed by atoms with van der Waals surface area (Å²) in [6, 6.07) is 22.4. The molecule has 27 heavy (non-hydrogen) atoms. The molecule has 5 heteroatoms. The van der Waals surface area contributed by atoms with E-state index in [-0.39, 0.29) is 6.04 Å². The van der Waals surface area contributed by atoms with Gasteiger partial charge in [0.25, 0.3) is 0 Å². The van der Waals surface area contributed by atoms with Crippen molar-refractivity contribution in [1.82, 2.24) is 15.0 Å². The molecule has 0 saturated heterocycles. The fraction of sp³-hybridized carbons (Fsp3) is 0.136. The zero-order valence-electron chi connectivity index (χ0n) is 15.1. The van der Waals surface area contributed by atoms with Gasteiger partial charge in [-0.25, -0.2) is 9.97 Å². The van der Waals surface area contributed by atoms with Gasteiger partial charge in [0.05, 0.1) is 5.52 Å². The van der Waals surface area contributed by atoms with E-state index in [1.807, 2.05) is 54.6 Å². The number of hydrogen-bond acceptors (Lipinski definition) is 5. The molecule has 0 aliphatic heterocycles. The molecule has 4 rings (SSSR count). The quantitative estimate of drug-likeness (QED) is 0.529. The van der Waals surface area contributed by atoms with E-state index in [0.29, 0.717) is 5.82 Å². The molecule has 5 nitrogen and oxygen atoms in total. The highest BCUT2D eigenvalue weighted by molar-refractivity contribution is 5.90. The molecule has 4 aromatic rings. The minimum Gasteiger partial charge on any atom is -0.381 e. The van der Waals surface area contributed by atoms with E-state index in [4.69, 9.17) is 9.97 Å². The number of fused-ring (bicyclic) bond motifs is 1. The summed E-state index contributed by atoms with van der Waals surface area (Å²) in [6.45, 7) is 2.89. The van der Waals surface area contributed by atoms with Gasteiger partial charge in [-0.3, -0.25) is 4.98 Å². The van der Waals surface area contributed by atoms with Gasteiger partial charge in [0.15, 0.2) is 5.82 Å². The standard InChI is InChI=1S/C22H21N5/c1-16(25-18-7-3-2-4-8-18)15-24-22-19-9-5-6-10-20(19)26-21(27-22)17-11-13-23-14-12-17/h2-14,16,25H,15H2,1H3,(H,24,26,27). The molecule has 1 unspecified atom stereocenters. The fourth-order valence-corrected chi connectivity index (χ4v) is 2.96. The third-order valence-corrected chi connectivity index (χ3v) is 4.30. The van der Waals surface area contributed by atoms with E-state index in [9.17, 15) is 0 Å². The first-order valence-electron chi connectivity index (χ1n) is 9.02. The number of aromatic nitrogens is 3. The van der Waals surface area contributed by atoms with Crippen LogP contribution in [0, 0.1) is 0 Å². The van der Waals surface area contributed by atoms with Crippen LogP contribution in [0.4, 0.5) is 11.5 Å². The number of nitrogens with one attached hydrogen (secondary N) is 2. The van der Waals surface area contributed by atoms with Crippen molar-refractivity contribution in [2.75, 3.05) is 17.2 Å². The molecule has 134 valence electrons. The largest absolute Gasteiger partial charge is 0.381 e. The Hall–Kier alpha value is -3.47. The van der Waals surface area contributed by atoms with Crippen LogP contribution in [0.1, 0.15) is 6.92 Å². The van der Waals surface area contributed by atoms with Crippen LogP contribution in [0.5, 0.6) is 0 Å². The van der Waals surface area contributed by atoms with Crippen molar-refractivity contribution in [2.24, 2.45) is 0 Å². The number of anilines is 2. The minimum absolute atomic E-state index is 0.241. The fourth-order valence-electron chi connectivity index (χ4n) is 2.96. The topological polar surface area (TPSA) is 62.7 Å². The molecule has 2 aromatic heterocycles.